The minimum Gasteiger partial charge on any atom is -0.454 e. The van der Waals surface area contributed by atoms with E-state index in [4.69, 9.17) is 45.3 Å². The average molecular weight is 307 g/mol. The molecule has 2 rings (SSSR count). The first-order chi connectivity index (χ1) is 8.47. The molecule has 2 N–H and O–H groups in total. The number of halogens is 4. The second-order valence-corrected chi connectivity index (χ2v) is 4.73. The zero-order chi connectivity index (χ0) is 13.3. The summed E-state index contributed by atoms with van der Waals surface area (Å²) < 4.78 is 18.6. The smallest absolute Gasteiger partial charge is 0.152 e. The highest BCUT2D eigenvalue weighted by atomic mass is 35.5. The summed E-state index contributed by atoms with van der Waals surface area (Å²) in [5, 5.41) is 0.726. The molecule has 0 radical (unpaired) electrons. The van der Waals surface area contributed by atoms with E-state index < -0.39 is 5.82 Å². The molecule has 0 bridgehead atoms. The van der Waals surface area contributed by atoms with Gasteiger partial charge in [-0.15, -0.1) is 0 Å². The first-order valence-electron chi connectivity index (χ1n) is 4.85. The lowest BCUT2D eigenvalue weighted by molar-refractivity contribution is 0.483. The molecule has 0 heterocycles. The summed E-state index contributed by atoms with van der Waals surface area (Å²) in [6.07, 6.45) is 0. The van der Waals surface area contributed by atoms with Gasteiger partial charge in [-0.1, -0.05) is 34.8 Å². The molecule has 2 aromatic carbocycles. The van der Waals surface area contributed by atoms with Crippen LogP contribution in [-0.4, -0.2) is 0 Å². The summed E-state index contributed by atoms with van der Waals surface area (Å²) in [6, 6.07) is 7.10. The molecule has 0 aliphatic rings. The summed E-state index contributed by atoms with van der Waals surface area (Å²) in [4.78, 5) is 0. The quantitative estimate of drug-likeness (QED) is 0.778. The van der Waals surface area contributed by atoms with E-state index in [9.17, 15) is 4.39 Å². The third-order valence-corrected chi connectivity index (χ3v) is 2.99. The number of benzene rings is 2. The lowest BCUT2D eigenvalue weighted by Gasteiger charge is -2.10. The highest BCUT2D eigenvalue weighted by Crippen LogP contribution is 2.36. The van der Waals surface area contributed by atoms with Crippen LogP contribution < -0.4 is 10.5 Å². The Hall–Kier alpha value is -1.16. The Morgan fingerprint density at radius 2 is 1.67 bits per heavy atom. The molecule has 0 spiro atoms. The monoisotopic (exact) mass is 305 g/mol. The van der Waals surface area contributed by atoms with Crippen molar-refractivity contribution in [2.75, 3.05) is 5.73 Å². The fourth-order valence-corrected chi connectivity index (χ4v) is 1.91. The summed E-state index contributed by atoms with van der Waals surface area (Å²) >= 11 is 17.4. The number of ether oxygens (including phenoxy) is 1. The van der Waals surface area contributed by atoms with Crippen molar-refractivity contribution in [2.24, 2.45) is 0 Å². The molecule has 0 aliphatic carbocycles. The zero-order valence-electron chi connectivity index (χ0n) is 8.88. The molecular formula is C12H7Cl3FNO. The van der Waals surface area contributed by atoms with E-state index in [1.807, 2.05) is 0 Å². The first-order valence-corrected chi connectivity index (χ1v) is 5.98. The van der Waals surface area contributed by atoms with Crippen LogP contribution in [0.25, 0.3) is 0 Å². The summed E-state index contributed by atoms with van der Waals surface area (Å²) in [7, 11) is 0. The van der Waals surface area contributed by atoms with Gasteiger partial charge in [0.05, 0.1) is 15.7 Å². The molecule has 94 valence electrons. The van der Waals surface area contributed by atoms with E-state index >= 15 is 0 Å². The number of rotatable bonds is 2. The molecule has 2 nitrogen and oxygen atoms in total. The molecule has 0 aliphatic heterocycles. The minimum atomic E-state index is -0.608. The maximum atomic E-state index is 13.1. The molecule has 18 heavy (non-hydrogen) atoms. The predicted molar refractivity (Wildman–Crippen MR) is 72.4 cm³/mol. The van der Waals surface area contributed by atoms with E-state index in [0.717, 1.165) is 6.07 Å². The Morgan fingerprint density at radius 3 is 2.33 bits per heavy atom. The van der Waals surface area contributed by atoms with Crippen LogP contribution in [0, 0.1) is 5.82 Å². The van der Waals surface area contributed by atoms with Crippen LogP contribution in [-0.2, 0) is 0 Å². The minimum absolute atomic E-state index is 0.0794. The van der Waals surface area contributed by atoms with Crippen molar-refractivity contribution in [1.29, 1.82) is 0 Å². The SMILES string of the molecule is Nc1cc(F)c(Cl)cc1Oc1ccc(Cl)cc1Cl. The fraction of sp³-hybridized carbons (Fsp3) is 0. The van der Waals surface area contributed by atoms with Gasteiger partial charge in [0.1, 0.15) is 11.6 Å². The third kappa shape index (κ3) is 2.80. The Balaban J connectivity index is 2.37. The van der Waals surface area contributed by atoms with E-state index in [1.165, 1.54) is 12.1 Å². The van der Waals surface area contributed by atoms with E-state index in [2.05, 4.69) is 0 Å². The third-order valence-electron chi connectivity index (χ3n) is 2.17. The lowest BCUT2D eigenvalue weighted by atomic mass is 10.3. The normalized spacial score (nSPS) is 10.4. The van der Waals surface area contributed by atoms with Gasteiger partial charge in [-0.2, -0.15) is 0 Å². The molecule has 6 heteroatoms. The first kappa shape index (κ1) is 13.3. The zero-order valence-corrected chi connectivity index (χ0v) is 11.2. The number of hydrogen-bond acceptors (Lipinski definition) is 2. The Bertz CT molecular complexity index is 604. The van der Waals surface area contributed by atoms with Crippen molar-refractivity contribution in [2.45, 2.75) is 0 Å². The largest absolute Gasteiger partial charge is 0.454 e. The average Bonchev–Trinajstić information content (AvgIpc) is 2.29. The van der Waals surface area contributed by atoms with Gasteiger partial charge in [0.2, 0.25) is 0 Å². The van der Waals surface area contributed by atoms with Gasteiger partial charge >= 0.3 is 0 Å². The van der Waals surface area contributed by atoms with Crippen LogP contribution in [0.1, 0.15) is 0 Å². The topological polar surface area (TPSA) is 35.2 Å². The number of hydrogen-bond donors (Lipinski definition) is 1. The van der Waals surface area contributed by atoms with Gasteiger partial charge < -0.3 is 10.5 Å². The highest BCUT2D eigenvalue weighted by molar-refractivity contribution is 6.35. The number of nitrogens with two attached hydrogens (primary N) is 1. The van der Waals surface area contributed by atoms with Crippen LogP contribution in [0.5, 0.6) is 11.5 Å². The molecule has 0 atom stereocenters. The van der Waals surface area contributed by atoms with E-state index in [-0.39, 0.29) is 16.5 Å². The van der Waals surface area contributed by atoms with Crippen molar-refractivity contribution in [3.8, 4) is 11.5 Å². The van der Waals surface area contributed by atoms with Crippen molar-refractivity contribution in [1.82, 2.24) is 0 Å². The van der Waals surface area contributed by atoms with Gasteiger partial charge in [0, 0.05) is 17.2 Å². The second kappa shape index (κ2) is 5.22. The lowest BCUT2D eigenvalue weighted by Crippen LogP contribution is -1.94. The Kier molecular flexibility index (Phi) is 3.85. The van der Waals surface area contributed by atoms with Crippen molar-refractivity contribution in [3.05, 3.63) is 51.2 Å². The van der Waals surface area contributed by atoms with E-state index in [0.29, 0.717) is 15.8 Å². The number of nitrogen functional groups attached to an aromatic ring is 1. The molecule has 0 fully saturated rings. The molecular weight excluding hydrogens is 299 g/mol. The van der Waals surface area contributed by atoms with Crippen LogP contribution in [0.15, 0.2) is 30.3 Å². The highest BCUT2D eigenvalue weighted by Gasteiger charge is 2.10. The summed E-state index contributed by atoms with van der Waals surface area (Å²) in [5.41, 5.74) is 5.75. The maximum absolute atomic E-state index is 13.1. The van der Waals surface area contributed by atoms with Crippen molar-refractivity contribution >= 4 is 40.5 Å². The number of anilines is 1. The van der Waals surface area contributed by atoms with Gasteiger partial charge in [-0.3, -0.25) is 0 Å². The molecule has 2 aromatic rings. The molecule has 0 saturated carbocycles. The van der Waals surface area contributed by atoms with Gasteiger partial charge in [-0.25, -0.2) is 4.39 Å². The fourth-order valence-electron chi connectivity index (χ4n) is 1.31. The van der Waals surface area contributed by atoms with E-state index in [1.54, 1.807) is 12.1 Å². The van der Waals surface area contributed by atoms with Gasteiger partial charge in [0.15, 0.2) is 5.75 Å². The maximum Gasteiger partial charge on any atom is 0.152 e. The van der Waals surface area contributed by atoms with Crippen LogP contribution in [0.2, 0.25) is 15.1 Å². The molecule has 0 unspecified atom stereocenters. The predicted octanol–water partition coefficient (Wildman–Crippen LogP) is 5.16. The molecule has 0 amide bonds. The van der Waals surface area contributed by atoms with Crippen molar-refractivity contribution in [3.63, 3.8) is 0 Å². The van der Waals surface area contributed by atoms with Crippen LogP contribution >= 0.6 is 34.8 Å². The van der Waals surface area contributed by atoms with Gasteiger partial charge in [0.25, 0.3) is 0 Å². The van der Waals surface area contributed by atoms with Crippen molar-refractivity contribution < 1.29 is 9.13 Å². The Labute approximate surface area is 118 Å². The molecule has 0 aromatic heterocycles. The molecule has 0 saturated heterocycles. The van der Waals surface area contributed by atoms with Gasteiger partial charge in [-0.05, 0) is 18.2 Å². The van der Waals surface area contributed by atoms with Crippen LogP contribution in [0.4, 0.5) is 10.1 Å². The second-order valence-electron chi connectivity index (χ2n) is 3.48. The standard InChI is InChI=1S/C12H7Cl3FNO/c13-6-1-2-11(8(15)3-6)18-12-4-7(14)9(16)5-10(12)17/h1-5H,17H2. The Morgan fingerprint density at radius 1 is 0.944 bits per heavy atom. The van der Waals surface area contributed by atoms with Crippen LogP contribution in [0.3, 0.4) is 0 Å². The summed E-state index contributed by atoms with van der Waals surface area (Å²) in [6.45, 7) is 0. The summed E-state index contributed by atoms with van der Waals surface area (Å²) in [5.74, 6) is -0.0233.